The third kappa shape index (κ3) is 7.73. The van der Waals surface area contributed by atoms with E-state index in [-0.39, 0.29) is 74.6 Å². The van der Waals surface area contributed by atoms with Crippen LogP contribution in [0.25, 0.3) is 10.9 Å². The van der Waals surface area contributed by atoms with Crippen molar-refractivity contribution >= 4 is 80.2 Å². The van der Waals surface area contributed by atoms with Gasteiger partial charge in [-0.05, 0) is 13.8 Å². The van der Waals surface area contributed by atoms with Crippen molar-refractivity contribution in [1.82, 2.24) is 24.3 Å². The molecule has 3 aromatic rings. The molecule has 5 atom stereocenters. The number of β-lactam (4-membered cyclic amide) rings is 1. The number of thiazole rings is 1. The van der Waals surface area contributed by atoms with Gasteiger partial charge in [-0.2, -0.15) is 0 Å². The van der Waals surface area contributed by atoms with Crippen molar-refractivity contribution in [2.75, 3.05) is 31.9 Å². The number of thioether (sulfide) groups is 1. The van der Waals surface area contributed by atoms with E-state index in [1.54, 1.807) is 0 Å². The molecule has 0 bridgehead atoms. The van der Waals surface area contributed by atoms with Crippen LogP contribution in [0.1, 0.15) is 39.3 Å². The summed E-state index contributed by atoms with van der Waals surface area (Å²) in [6, 6.07) is -1.33. The number of carbonyl (C=O) groups excluding carboxylic acids is 3. The zero-order valence-electron chi connectivity index (χ0n) is 31.1. The van der Waals surface area contributed by atoms with Gasteiger partial charge in [-0.25, -0.2) is 14.6 Å². The van der Waals surface area contributed by atoms with Crippen LogP contribution < -0.4 is 57.0 Å². The van der Waals surface area contributed by atoms with Crippen LogP contribution in [0.4, 0.5) is 5.13 Å². The Balaban J connectivity index is 0.00000600. The van der Waals surface area contributed by atoms with E-state index in [1.807, 2.05) is 6.92 Å². The van der Waals surface area contributed by atoms with Crippen LogP contribution in [0.15, 0.2) is 26.2 Å². The summed E-state index contributed by atoms with van der Waals surface area (Å²) in [4.78, 5) is 89.0. The summed E-state index contributed by atoms with van der Waals surface area (Å²) in [7, 11) is 1.41. The van der Waals surface area contributed by atoms with Gasteiger partial charge in [0.1, 0.15) is 28.2 Å². The second-order valence-corrected chi connectivity index (χ2v) is 17.2. The van der Waals surface area contributed by atoms with Gasteiger partial charge in [0.15, 0.2) is 27.9 Å². The van der Waals surface area contributed by atoms with E-state index in [0.29, 0.717) is 24.1 Å². The third-order valence-corrected chi connectivity index (χ3v) is 13.2. The summed E-state index contributed by atoms with van der Waals surface area (Å²) in [5.41, 5.74) is 1.97. The van der Waals surface area contributed by atoms with Crippen molar-refractivity contribution in [3.05, 3.63) is 43.0 Å². The number of nitrogens with one attached hydrogen (secondary N) is 1. The number of nitrogens with two attached hydrogens (primary N) is 1. The van der Waals surface area contributed by atoms with Crippen molar-refractivity contribution < 1.29 is 78.5 Å². The first-order valence-corrected chi connectivity index (χ1v) is 19.4. The maximum atomic E-state index is 13.7. The summed E-state index contributed by atoms with van der Waals surface area (Å²) in [5, 5.41) is 48.5. The summed E-state index contributed by atoms with van der Waals surface area (Å²) in [6.45, 7) is 5.99. The first-order chi connectivity index (χ1) is 25.8. The number of likely N-dealkylation sites (tertiary alicyclic amines) is 1. The molecule has 0 spiro atoms. The van der Waals surface area contributed by atoms with Gasteiger partial charge in [0.2, 0.25) is 5.91 Å². The Hall–Kier alpha value is -3.86. The number of hydrogen-bond donors (Lipinski definition) is 5. The summed E-state index contributed by atoms with van der Waals surface area (Å²) < 4.78 is 2.54. The number of halogens is 1. The molecule has 2 aromatic heterocycles. The minimum absolute atomic E-state index is 0. The number of carboxylic acids is 2. The Bertz CT molecular complexity index is 2260. The number of nitrogens with zero attached hydrogens (tertiary/aromatic N) is 6. The van der Waals surface area contributed by atoms with Crippen molar-refractivity contribution in [2.45, 2.75) is 68.5 Å². The standard InChI is InChI=1S/C33H39ClN8O11S2.Na/c1-14-15(12-42(8-5-6-9-42)10-7-40-26(46)19-17(39(4)32(40)52)11-18(43)24(44)20(19)34)23(29(48)49)41-27(47)22(28(41)55-14)37-25(45)21(16-13-54-31(35)36-16)38-53-33(2,3)30(50)51;/h11,13-15,22-23,28H,5-10,12H2,1-4H3,(H6-,35,36,37,38,43,44,45,46,48,49,50,51);/q;+1/t14-,15?,22+,23?,28+;/m0./s1. The Morgan fingerprint density at radius 2 is 1.88 bits per heavy atom. The second kappa shape index (κ2) is 16.2. The Morgan fingerprint density at radius 1 is 1.21 bits per heavy atom. The Morgan fingerprint density at radius 3 is 2.46 bits per heavy atom. The van der Waals surface area contributed by atoms with Gasteiger partial charge in [0.25, 0.3) is 11.5 Å². The fourth-order valence-corrected chi connectivity index (χ4v) is 9.85. The number of aliphatic carboxylic acids is 2. The number of amides is 2. The van der Waals surface area contributed by atoms with E-state index in [9.17, 15) is 49.2 Å². The molecule has 3 aliphatic rings. The van der Waals surface area contributed by atoms with Crippen molar-refractivity contribution in [1.29, 1.82) is 0 Å². The average Bonchev–Trinajstić information content (AvgIpc) is 3.77. The quantitative estimate of drug-likeness (QED) is 0.0293. The van der Waals surface area contributed by atoms with Crippen LogP contribution in [0.3, 0.4) is 0 Å². The number of phenols is 2. The number of hydrogen-bond acceptors (Lipinski definition) is 15. The minimum Gasteiger partial charge on any atom is -0.546 e. The Kier molecular flexibility index (Phi) is 12.5. The zero-order chi connectivity index (χ0) is 40.3. The number of nitrogen functional groups attached to an aromatic ring is 1. The molecule has 56 heavy (non-hydrogen) atoms. The third-order valence-electron chi connectivity index (χ3n) is 10.6. The number of aromatic nitrogens is 3. The second-order valence-electron chi connectivity index (χ2n) is 14.4. The van der Waals surface area contributed by atoms with E-state index in [4.69, 9.17) is 22.2 Å². The number of aromatic hydroxyl groups is 2. The molecule has 0 aliphatic carbocycles. The predicted octanol–water partition coefficient (Wildman–Crippen LogP) is -3.77. The smallest absolute Gasteiger partial charge is 0.546 e. The first-order valence-electron chi connectivity index (χ1n) is 17.2. The molecule has 2 unspecified atom stereocenters. The van der Waals surface area contributed by atoms with Crippen LogP contribution in [0, 0.1) is 5.92 Å². The topological polar surface area (TPSA) is 272 Å². The SMILES string of the molecule is C[C@@H]1S[C@@H]2[C@H](NC(=O)/C(=N\OC(C)(C)C(=O)[O-])c3csc(N)n3)C(=O)N2C(C(=O)O)C1C[N+]1(CCn2c(=O)c3c(Cl)c(O)c(O)cc3n(C)c2=O)CCCC1.[Na+]. The van der Waals surface area contributed by atoms with E-state index < -0.39 is 81.2 Å². The molecular formula is C33H39ClN8NaO11S2+. The van der Waals surface area contributed by atoms with E-state index in [1.165, 1.54) is 42.9 Å². The number of aryl methyl sites for hydroxylation is 1. The van der Waals surface area contributed by atoms with Crippen LogP contribution in [-0.4, -0.2) is 123 Å². The number of carbonyl (C=O) groups is 4. The molecule has 3 fully saturated rings. The van der Waals surface area contributed by atoms with E-state index in [2.05, 4.69) is 15.5 Å². The van der Waals surface area contributed by atoms with E-state index >= 15 is 0 Å². The van der Waals surface area contributed by atoms with E-state index in [0.717, 1.165) is 39.4 Å². The van der Waals surface area contributed by atoms with Gasteiger partial charge in [-0.15, -0.1) is 23.1 Å². The van der Waals surface area contributed by atoms with Crippen LogP contribution >= 0.6 is 34.7 Å². The molecule has 23 heteroatoms. The number of quaternary nitrogens is 1. The molecule has 6 N–H and O–H groups in total. The fourth-order valence-electron chi connectivity index (χ4n) is 7.45. The number of carboxylic acid groups (broad SMARTS) is 2. The number of benzene rings is 1. The van der Waals surface area contributed by atoms with Crippen molar-refractivity contribution in [2.24, 2.45) is 18.1 Å². The average molecular weight is 846 g/mol. The molecule has 0 saturated carbocycles. The maximum Gasteiger partial charge on any atom is 1.00 e. The maximum absolute atomic E-state index is 13.7. The largest absolute Gasteiger partial charge is 1.00 e. The van der Waals surface area contributed by atoms with Gasteiger partial charge >= 0.3 is 41.2 Å². The molecule has 19 nitrogen and oxygen atoms in total. The summed E-state index contributed by atoms with van der Waals surface area (Å²) >= 11 is 8.56. The molecule has 1 aromatic carbocycles. The molecule has 2 amide bonds. The molecular weight excluding hydrogens is 807 g/mol. The summed E-state index contributed by atoms with van der Waals surface area (Å²) in [5.74, 6) is -6.24. The normalized spacial score (nSPS) is 23.2. The Labute approximate surface area is 353 Å². The molecule has 3 aliphatic heterocycles. The zero-order valence-corrected chi connectivity index (χ0v) is 35.4. The van der Waals surface area contributed by atoms with Gasteiger partial charge in [0.05, 0.1) is 55.5 Å². The molecule has 3 saturated heterocycles. The number of phenolic OH excluding ortho intramolecular Hbond substituents is 2. The molecule has 296 valence electrons. The first kappa shape index (κ1) is 43.3. The van der Waals surface area contributed by atoms with Crippen LogP contribution in [0.2, 0.25) is 5.02 Å². The molecule has 0 radical (unpaired) electrons. The van der Waals surface area contributed by atoms with Gasteiger partial charge in [0, 0.05) is 36.6 Å². The van der Waals surface area contributed by atoms with Gasteiger partial charge in [-0.3, -0.25) is 23.5 Å². The van der Waals surface area contributed by atoms with Gasteiger partial charge < -0.3 is 50.5 Å². The fraction of sp³-hybridized carbons (Fsp3) is 0.515. The number of rotatable bonds is 12. The summed E-state index contributed by atoms with van der Waals surface area (Å²) in [6.07, 6.45) is 1.63. The number of anilines is 1. The van der Waals surface area contributed by atoms with Crippen molar-refractivity contribution in [3.8, 4) is 11.5 Å². The molecule has 6 rings (SSSR count). The van der Waals surface area contributed by atoms with Gasteiger partial charge in [-0.1, -0.05) is 23.7 Å². The monoisotopic (exact) mass is 845 g/mol. The molecule has 5 heterocycles. The predicted molar refractivity (Wildman–Crippen MR) is 199 cm³/mol. The number of fused-ring (bicyclic) bond motifs is 2. The van der Waals surface area contributed by atoms with Crippen LogP contribution in [-0.2, 0) is 37.6 Å². The number of oxime groups is 1. The van der Waals surface area contributed by atoms with Crippen molar-refractivity contribution in [3.63, 3.8) is 0 Å². The minimum atomic E-state index is -1.92. The van der Waals surface area contributed by atoms with Crippen LogP contribution in [0.5, 0.6) is 11.5 Å².